The third-order valence-electron chi connectivity index (χ3n) is 8.81. The highest BCUT2D eigenvalue weighted by molar-refractivity contribution is 5.73. The van der Waals surface area contributed by atoms with Crippen molar-refractivity contribution < 1.29 is 9.59 Å². The highest BCUT2D eigenvalue weighted by atomic mass is 16.1. The standard InChI is InChI=1S/C39H74N2O2/c1-37(34-30-26-22-18-14-10-6-4-8-12-16-20-24-28-32-36-39(41)43)33-29-25-21-17-13-9-5-2-3-7-11-15-19-23-27-31-35-38(40)42/h3-4,7-8,37H,2,5-6,9-36H2,1H3,(H2,40,42)(H2,41,43)/b7-3-,8-4-. The van der Waals surface area contributed by atoms with Crippen LogP contribution in [0.4, 0.5) is 0 Å². The first kappa shape index (κ1) is 41.4. The molecule has 43 heavy (non-hydrogen) atoms. The summed E-state index contributed by atoms with van der Waals surface area (Å²) in [7, 11) is 0. The maximum atomic E-state index is 10.7. The van der Waals surface area contributed by atoms with Crippen LogP contribution >= 0.6 is 0 Å². The van der Waals surface area contributed by atoms with Gasteiger partial charge in [-0.2, -0.15) is 0 Å². The van der Waals surface area contributed by atoms with Crippen molar-refractivity contribution in [3.8, 4) is 0 Å². The van der Waals surface area contributed by atoms with Gasteiger partial charge >= 0.3 is 0 Å². The van der Waals surface area contributed by atoms with E-state index in [1.165, 1.54) is 161 Å². The highest BCUT2D eigenvalue weighted by Gasteiger charge is 2.02. The summed E-state index contributed by atoms with van der Waals surface area (Å²) in [6, 6.07) is 0. The first-order valence-electron chi connectivity index (χ1n) is 18.9. The van der Waals surface area contributed by atoms with Gasteiger partial charge in [-0.05, 0) is 70.1 Å². The van der Waals surface area contributed by atoms with Crippen molar-refractivity contribution in [1.82, 2.24) is 0 Å². The molecule has 0 aromatic carbocycles. The zero-order valence-electron chi connectivity index (χ0n) is 28.8. The minimum atomic E-state index is -0.165. The summed E-state index contributed by atoms with van der Waals surface area (Å²) in [5.74, 6) is 0.582. The van der Waals surface area contributed by atoms with Crippen molar-refractivity contribution >= 4 is 11.8 Å². The van der Waals surface area contributed by atoms with Crippen LogP contribution in [-0.2, 0) is 9.59 Å². The number of hydrogen-bond acceptors (Lipinski definition) is 2. The van der Waals surface area contributed by atoms with E-state index >= 15 is 0 Å². The Labute approximate surface area is 268 Å². The Morgan fingerprint density at radius 1 is 0.395 bits per heavy atom. The molecule has 0 aromatic rings. The molecule has 0 spiro atoms. The summed E-state index contributed by atoms with van der Waals surface area (Å²) in [5, 5.41) is 0. The fourth-order valence-corrected chi connectivity index (χ4v) is 5.90. The molecule has 0 aliphatic rings. The second kappa shape index (κ2) is 34.9. The van der Waals surface area contributed by atoms with Crippen molar-refractivity contribution in [1.29, 1.82) is 0 Å². The quantitative estimate of drug-likeness (QED) is 0.0558. The molecular weight excluding hydrogens is 528 g/mol. The topological polar surface area (TPSA) is 86.2 Å². The van der Waals surface area contributed by atoms with Crippen LogP contribution in [-0.4, -0.2) is 11.8 Å². The molecule has 0 aromatic heterocycles. The molecule has 0 saturated heterocycles. The van der Waals surface area contributed by atoms with Crippen LogP contribution in [0.3, 0.4) is 0 Å². The number of amides is 2. The summed E-state index contributed by atoms with van der Waals surface area (Å²) in [4.78, 5) is 21.4. The molecule has 0 aliphatic heterocycles. The Balaban J connectivity index is 3.24. The van der Waals surface area contributed by atoms with E-state index in [1.807, 2.05) is 0 Å². The summed E-state index contributed by atoms with van der Waals surface area (Å²) < 4.78 is 0. The first-order valence-corrected chi connectivity index (χ1v) is 18.9. The van der Waals surface area contributed by atoms with Gasteiger partial charge in [0.1, 0.15) is 0 Å². The molecule has 0 fully saturated rings. The van der Waals surface area contributed by atoms with Crippen molar-refractivity contribution in [3.05, 3.63) is 24.3 Å². The number of primary amides is 2. The number of carbonyl (C=O) groups is 2. The highest BCUT2D eigenvalue weighted by Crippen LogP contribution is 2.19. The predicted octanol–water partition coefficient (Wildman–Crippen LogP) is 11.8. The molecule has 1 unspecified atom stereocenters. The minimum Gasteiger partial charge on any atom is -0.370 e. The van der Waals surface area contributed by atoms with Crippen LogP contribution in [0.2, 0.25) is 0 Å². The van der Waals surface area contributed by atoms with Gasteiger partial charge in [-0.15, -0.1) is 0 Å². The lowest BCUT2D eigenvalue weighted by Crippen LogP contribution is -2.09. The fraction of sp³-hybridized carbons (Fsp3) is 0.846. The van der Waals surface area contributed by atoms with Crippen LogP contribution in [0, 0.1) is 5.92 Å². The predicted molar refractivity (Wildman–Crippen MR) is 189 cm³/mol. The molecule has 2 amide bonds. The summed E-state index contributed by atoms with van der Waals surface area (Å²) in [6.07, 6.45) is 48.4. The van der Waals surface area contributed by atoms with Crippen molar-refractivity contribution in [2.24, 2.45) is 17.4 Å². The molecule has 4 heteroatoms. The maximum Gasteiger partial charge on any atom is 0.217 e. The molecular formula is C39H74N2O2. The summed E-state index contributed by atoms with van der Waals surface area (Å²) in [6.45, 7) is 2.47. The van der Waals surface area contributed by atoms with Crippen molar-refractivity contribution in [3.63, 3.8) is 0 Å². The van der Waals surface area contributed by atoms with Crippen molar-refractivity contribution in [2.45, 2.75) is 206 Å². The SMILES string of the molecule is CC(CCCCCCCC/C=C\CCCCCCCC(N)=O)CCCCCCCCC/C=C\CCCCCCCC(N)=O. The summed E-state index contributed by atoms with van der Waals surface area (Å²) in [5.41, 5.74) is 10.3. The first-order chi connectivity index (χ1) is 21.0. The van der Waals surface area contributed by atoms with E-state index in [1.54, 1.807) is 0 Å². The van der Waals surface area contributed by atoms with Crippen LogP contribution in [0.1, 0.15) is 206 Å². The Kier molecular flexibility index (Phi) is 33.6. The largest absolute Gasteiger partial charge is 0.370 e. The zero-order chi connectivity index (χ0) is 31.5. The molecule has 0 bridgehead atoms. The van der Waals surface area contributed by atoms with Gasteiger partial charge in [-0.1, -0.05) is 153 Å². The third-order valence-corrected chi connectivity index (χ3v) is 8.81. The van der Waals surface area contributed by atoms with E-state index < -0.39 is 0 Å². The van der Waals surface area contributed by atoms with E-state index in [0.717, 1.165) is 31.6 Å². The Hall–Kier alpha value is -1.58. The Morgan fingerprint density at radius 3 is 0.907 bits per heavy atom. The zero-order valence-corrected chi connectivity index (χ0v) is 28.8. The molecule has 4 nitrogen and oxygen atoms in total. The second-order valence-corrected chi connectivity index (χ2v) is 13.3. The van der Waals surface area contributed by atoms with Crippen LogP contribution < -0.4 is 11.5 Å². The Bertz CT molecular complexity index is 658. The van der Waals surface area contributed by atoms with E-state index in [-0.39, 0.29) is 11.8 Å². The molecule has 0 heterocycles. The molecule has 252 valence electrons. The minimum absolute atomic E-state index is 0.165. The van der Waals surface area contributed by atoms with Gasteiger partial charge in [0, 0.05) is 12.8 Å². The maximum absolute atomic E-state index is 10.7. The molecule has 0 rings (SSSR count). The lowest BCUT2D eigenvalue weighted by molar-refractivity contribution is -0.119. The number of unbranched alkanes of at least 4 members (excludes halogenated alkanes) is 23. The van der Waals surface area contributed by atoms with E-state index in [2.05, 4.69) is 31.2 Å². The van der Waals surface area contributed by atoms with E-state index in [4.69, 9.17) is 11.5 Å². The number of hydrogen-bond donors (Lipinski definition) is 2. The average molecular weight is 603 g/mol. The Morgan fingerprint density at radius 2 is 0.628 bits per heavy atom. The third kappa shape index (κ3) is 38.4. The smallest absolute Gasteiger partial charge is 0.217 e. The van der Waals surface area contributed by atoms with Gasteiger partial charge in [-0.3, -0.25) is 9.59 Å². The van der Waals surface area contributed by atoms with E-state index in [0.29, 0.717) is 12.8 Å². The van der Waals surface area contributed by atoms with Crippen molar-refractivity contribution in [2.75, 3.05) is 0 Å². The number of allylic oxidation sites excluding steroid dienone is 4. The molecule has 0 radical (unpaired) electrons. The van der Waals surface area contributed by atoms with Gasteiger partial charge in [0.25, 0.3) is 0 Å². The van der Waals surface area contributed by atoms with Gasteiger partial charge < -0.3 is 11.5 Å². The normalized spacial score (nSPS) is 12.5. The fourth-order valence-electron chi connectivity index (χ4n) is 5.90. The average Bonchev–Trinajstić information content (AvgIpc) is 2.97. The van der Waals surface area contributed by atoms with Gasteiger partial charge in [0.05, 0.1) is 0 Å². The number of nitrogens with two attached hydrogens (primary N) is 2. The molecule has 0 aliphatic carbocycles. The second-order valence-electron chi connectivity index (χ2n) is 13.3. The molecule has 4 N–H and O–H groups in total. The van der Waals surface area contributed by atoms with Crippen LogP contribution in [0.25, 0.3) is 0 Å². The van der Waals surface area contributed by atoms with Gasteiger partial charge in [0.2, 0.25) is 11.8 Å². The molecule has 0 saturated carbocycles. The van der Waals surface area contributed by atoms with Crippen LogP contribution in [0.15, 0.2) is 24.3 Å². The lowest BCUT2D eigenvalue weighted by atomic mass is 9.95. The monoisotopic (exact) mass is 603 g/mol. The molecule has 1 atom stereocenters. The van der Waals surface area contributed by atoms with Gasteiger partial charge in [0.15, 0.2) is 0 Å². The van der Waals surface area contributed by atoms with Gasteiger partial charge in [-0.25, -0.2) is 0 Å². The number of carbonyl (C=O) groups excluding carboxylic acids is 2. The number of rotatable bonds is 35. The van der Waals surface area contributed by atoms with Crippen LogP contribution in [0.5, 0.6) is 0 Å². The van der Waals surface area contributed by atoms with E-state index in [9.17, 15) is 9.59 Å². The lowest BCUT2D eigenvalue weighted by Gasteiger charge is -2.11. The summed E-state index contributed by atoms with van der Waals surface area (Å²) >= 11 is 0.